The fraction of sp³-hybridized carbons (Fsp3) is 0.324. The largest absolute Gasteiger partial charge is 0.511 e. The second kappa shape index (κ2) is 17.0. The Labute approximate surface area is 282 Å². The van der Waals surface area contributed by atoms with Crippen LogP contribution in [0.1, 0.15) is 52.3 Å². The Hall–Kier alpha value is -5.37. The van der Waals surface area contributed by atoms with Crippen LogP contribution in [0.3, 0.4) is 0 Å². The van der Waals surface area contributed by atoms with E-state index in [1.807, 2.05) is 48.5 Å². The number of carbonyl (C=O) groups excluding carboxylic acids is 4. The molecule has 0 spiro atoms. The van der Waals surface area contributed by atoms with Crippen LogP contribution in [0.5, 0.6) is 0 Å². The average molecular weight is 675 g/mol. The zero-order chi connectivity index (χ0) is 34.6. The molecule has 0 radical (unpaired) electrons. The molecule has 0 fully saturated rings. The Morgan fingerprint density at radius 3 is 2.21 bits per heavy atom. The van der Waals surface area contributed by atoms with Gasteiger partial charge < -0.3 is 42.4 Å². The van der Waals surface area contributed by atoms with Crippen LogP contribution in [0.25, 0.3) is 21.0 Å². The molecule has 2 aromatic carbocycles. The second-order valence-corrected chi connectivity index (χ2v) is 12.5. The predicted octanol–water partition coefficient (Wildman–Crippen LogP) is 2.82. The minimum Gasteiger partial charge on any atom is -0.511 e. The zero-order valence-corrected chi connectivity index (χ0v) is 27.6. The number of carbonyl (C=O) groups is 4. The Kier molecular flexibility index (Phi) is 12.5. The maximum absolute atomic E-state index is 13.2. The van der Waals surface area contributed by atoms with Crippen molar-refractivity contribution >= 4 is 61.9 Å². The normalized spacial score (nSPS) is 12.2. The highest BCUT2D eigenvalue weighted by molar-refractivity contribution is 7.20. The number of aromatic nitrogens is 1. The first-order chi connectivity index (χ1) is 23.0. The lowest BCUT2D eigenvalue weighted by molar-refractivity contribution is -0.124. The van der Waals surface area contributed by atoms with Gasteiger partial charge >= 0.3 is 0 Å². The lowest BCUT2D eigenvalue weighted by Crippen LogP contribution is -2.48. The van der Waals surface area contributed by atoms with Gasteiger partial charge in [0.15, 0.2) is 5.96 Å². The summed E-state index contributed by atoms with van der Waals surface area (Å²) < 4.78 is 2.73. The molecule has 48 heavy (non-hydrogen) atoms. The van der Waals surface area contributed by atoms with E-state index >= 15 is 0 Å². The Balaban J connectivity index is 1.34. The lowest BCUT2D eigenvalue weighted by Gasteiger charge is -2.20. The fourth-order valence-corrected chi connectivity index (χ4v) is 6.19. The smallest absolute Gasteiger partial charge is 0.268 e. The van der Waals surface area contributed by atoms with E-state index in [1.165, 1.54) is 11.3 Å². The summed E-state index contributed by atoms with van der Waals surface area (Å²) >= 11 is 1.35. The predicted molar refractivity (Wildman–Crippen MR) is 189 cm³/mol. The highest BCUT2D eigenvalue weighted by Crippen LogP contribution is 2.25. The second-order valence-electron chi connectivity index (χ2n) is 11.4. The van der Waals surface area contributed by atoms with Crippen LogP contribution < -0.4 is 32.7 Å². The van der Waals surface area contributed by atoms with Gasteiger partial charge in [0.1, 0.15) is 23.5 Å². The van der Waals surface area contributed by atoms with Gasteiger partial charge in [-0.15, -0.1) is 11.3 Å². The molecule has 0 aliphatic rings. The number of guanidine groups is 1. The van der Waals surface area contributed by atoms with Crippen molar-refractivity contribution < 1.29 is 24.3 Å². The van der Waals surface area contributed by atoms with Gasteiger partial charge in [0.25, 0.3) is 11.8 Å². The molecule has 9 N–H and O–H groups in total. The van der Waals surface area contributed by atoms with Crippen LogP contribution in [-0.4, -0.2) is 71.0 Å². The van der Waals surface area contributed by atoms with Crippen molar-refractivity contribution in [3.05, 3.63) is 83.6 Å². The van der Waals surface area contributed by atoms with E-state index < -0.39 is 23.9 Å². The number of para-hydroxylation sites is 1. The van der Waals surface area contributed by atoms with Crippen LogP contribution >= 0.6 is 11.3 Å². The van der Waals surface area contributed by atoms with E-state index in [2.05, 4.69) is 32.8 Å². The molecular formula is C34H42N8O5S. The van der Waals surface area contributed by atoms with E-state index in [4.69, 9.17) is 11.5 Å². The van der Waals surface area contributed by atoms with Gasteiger partial charge in [-0.3, -0.25) is 24.2 Å². The molecule has 2 aromatic heterocycles. The number of aryl methyl sites for hydroxylation is 1. The van der Waals surface area contributed by atoms with Gasteiger partial charge in [-0.25, -0.2) is 0 Å². The molecule has 2 heterocycles. The number of rotatable bonds is 17. The highest BCUT2D eigenvalue weighted by atomic mass is 32.1. The number of aliphatic imine (C=N–C) groups is 1. The number of hydrogen-bond acceptors (Lipinski definition) is 7. The van der Waals surface area contributed by atoms with Crippen molar-refractivity contribution in [1.29, 1.82) is 0 Å². The quantitative estimate of drug-likeness (QED) is 0.0386. The van der Waals surface area contributed by atoms with E-state index in [-0.39, 0.29) is 43.0 Å². The Morgan fingerprint density at radius 2 is 1.52 bits per heavy atom. The average Bonchev–Trinajstić information content (AvgIpc) is 3.65. The van der Waals surface area contributed by atoms with Gasteiger partial charge in [0, 0.05) is 35.7 Å². The standard InChI is InChI=1S/C34H42N8O5S/c1-21(43)20-39-31(45)24(40-32(46)27-18-22-10-3-5-14-26(22)42(27)2)12-7-8-16-37-30(44)25(13-9-17-38-34(35)36)41-33(47)29-19-23-11-4-6-15-28(23)48-29/h3-6,10-11,14-15,18-19,24-25,43H,1,7-9,12-13,16-17,20H2,2H3,(H,37,44)(H,39,45)(H,40,46)(H,41,47)(H4,35,36,38). The van der Waals surface area contributed by atoms with E-state index in [0.29, 0.717) is 42.8 Å². The molecule has 0 saturated heterocycles. The third-order valence-electron chi connectivity index (χ3n) is 7.71. The first-order valence-electron chi connectivity index (χ1n) is 15.7. The highest BCUT2D eigenvalue weighted by Gasteiger charge is 2.24. The van der Waals surface area contributed by atoms with Crippen LogP contribution in [-0.2, 0) is 16.6 Å². The van der Waals surface area contributed by atoms with Gasteiger partial charge in [-0.1, -0.05) is 43.0 Å². The van der Waals surface area contributed by atoms with E-state index in [9.17, 15) is 24.3 Å². The van der Waals surface area contributed by atoms with Gasteiger partial charge in [-0.2, -0.15) is 0 Å². The number of unbranched alkanes of at least 4 members (excludes halogenated alkanes) is 1. The number of hydrogen-bond donors (Lipinski definition) is 7. The maximum Gasteiger partial charge on any atom is 0.268 e. The topological polar surface area (TPSA) is 206 Å². The summed E-state index contributed by atoms with van der Waals surface area (Å²) in [5, 5.41) is 22.4. The summed E-state index contributed by atoms with van der Waals surface area (Å²) in [5.41, 5.74) is 12.1. The summed E-state index contributed by atoms with van der Waals surface area (Å²) in [4.78, 5) is 57.0. The first kappa shape index (κ1) is 35.5. The molecule has 2 unspecified atom stereocenters. The monoisotopic (exact) mass is 674 g/mol. The number of amides is 4. The number of nitrogens with one attached hydrogen (secondary N) is 4. The molecular weight excluding hydrogens is 632 g/mol. The van der Waals surface area contributed by atoms with Crippen molar-refractivity contribution in [3.63, 3.8) is 0 Å². The van der Waals surface area contributed by atoms with Gasteiger partial charge in [0.05, 0.1) is 11.4 Å². The molecule has 4 rings (SSSR count). The number of benzene rings is 2. The third kappa shape index (κ3) is 9.82. The fourth-order valence-electron chi connectivity index (χ4n) is 5.22. The molecule has 13 nitrogen and oxygen atoms in total. The zero-order valence-electron chi connectivity index (χ0n) is 26.8. The van der Waals surface area contributed by atoms with Crippen molar-refractivity contribution in [2.24, 2.45) is 23.5 Å². The molecule has 4 amide bonds. The summed E-state index contributed by atoms with van der Waals surface area (Å²) in [6, 6.07) is 17.1. The van der Waals surface area contributed by atoms with Gasteiger partial charge in [0.2, 0.25) is 11.8 Å². The van der Waals surface area contributed by atoms with Crippen molar-refractivity contribution in [3.8, 4) is 0 Å². The minimum atomic E-state index is -0.894. The number of fused-ring (bicyclic) bond motifs is 2. The molecule has 0 aliphatic carbocycles. The number of aliphatic hydroxyl groups excluding tert-OH is 1. The summed E-state index contributed by atoms with van der Waals surface area (Å²) in [6.07, 6.45) is 2.04. The molecule has 0 aliphatic heterocycles. The number of nitrogens with two attached hydrogens (primary N) is 2. The maximum atomic E-state index is 13.2. The molecule has 14 heteroatoms. The van der Waals surface area contributed by atoms with Crippen LogP contribution in [0, 0.1) is 0 Å². The van der Waals surface area contributed by atoms with Crippen molar-refractivity contribution in [1.82, 2.24) is 25.8 Å². The summed E-state index contributed by atoms with van der Waals surface area (Å²) in [6.45, 7) is 3.83. The molecule has 4 aromatic rings. The SMILES string of the molecule is C=C(O)CNC(=O)C(CCCCNC(=O)C(CCCN=C(N)N)NC(=O)c1cc2ccccc2s1)NC(=O)c1cc2ccccc2n1C. The number of aliphatic hydroxyl groups is 1. The van der Waals surface area contributed by atoms with Crippen LogP contribution in [0.4, 0.5) is 0 Å². The van der Waals surface area contributed by atoms with E-state index in [0.717, 1.165) is 21.0 Å². The molecule has 2 atom stereocenters. The van der Waals surface area contributed by atoms with Crippen LogP contribution in [0.15, 0.2) is 78.0 Å². The molecule has 0 saturated carbocycles. The van der Waals surface area contributed by atoms with Crippen molar-refractivity contribution in [2.75, 3.05) is 19.6 Å². The minimum absolute atomic E-state index is 0.0492. The molecule has 254 valence electrons. The summed E-state index contributed by atoms with van der Waals surface area (Å²) in [5.74, 6) is -1.84. The lowest BCUT2D eigenvalue weighted by atomic mass is 10.1. The first-order valence-corrected chi connectivity index (χ1v) is 16.5. The number of thiophene rings is 1. The Morgan fingerprint density at radius 1 is 0.875 bits per heavy atom. The molecule has 0 bridgehead atoms. The third-order valence-corrected chi connectivity index (χ3v) is 8.82. The van der Waals surface area contributed by atoms with Gasteiger partial charge in [-0.05, 0) is 61.8 Å². The Bertz CT molecular complexity index is 1780. The van der Waals surface area contributed by atoms with Crippen LogP contribution in [0.2, 0.25) is 0 Å². The number of nitrogens with zero attached hydrogens (tertiary/aromatic N) is 2. The van der Waals surface area contributed by atoms with E-state index in [1.54, 1.807) is 23.7 Å². The van der Waals surface area contributed by atoms with Crippen molar-refractivity contribution in [2.45, 2.75) is 44.2 Å². The summed E-state index contributed by atoms with van der Waals surface area (Å²) in [7, 11) is 1.78.